The second kappa shape index (κ2) is 5.43. The van der Waals surface area contributed by atoms with E-state index >= 15 is 0 Å². The number of nitrogens with one attached hydrogen (secondary N) is 1. The number of nitrogens with zero attached hydrogens (tertiary/aromatic N) is 1. The fraction of sp³-hybridized carbons (Fsp3) is 0.467. The van der Waals surface area contributed by atoms with Crippen molar-refractivity contribution in [2.24, 2.45) is 0 Å². The zero-order valence-electron chi connectivity index (χ0n) is 11.6. The molecule has 0 spiro atoms. The molecule has 0 aromatic heterocycles. The van der Waals surface area contributed by atoms with Gasteiger partial charge in [-0.25, -0.2) is 0 Å². The largest absolute Gasteiger partial charge is 0.343 e. The molecule has 102 valence electrons. The lowest BCUT2D eigenvalue weighted by molar-refractivity contribution is -0.151. The molecular weight excluding hydrogens is 240 g/mol. The van der Waals surface area contributed by atoms with Gasteiger partial charge in [0.05, 0.1) is 6.04 Å². The van der Waals surface area contributed by atoms with E-state index in [1.165, 1.54) is 0 Å². The summed E-state index contributed by atoms with van der Waals surface area (Å²) in [6.45, 7) is 5.65. The molecule has 4 nitrogen and oxygen atoms in total. The van der Waals surface area contributed by atoms with Crippen LogP contribution in [0.25, 0.3) is 0 Å². The standard InChI is InChI=1S/C15H20N2O2/c1-4-13-15(19)17(11(3)14(18)16-13)10(2)12-8-6-5-7-9-12/h5-11,13H,4H2,1-3H3,(H,16,18). The van der Waals surface area contributed by atoms with E-state index in [-0.39, 0.29) is 17.9 Å². The van der Waals surface area contributed by atoms with Crippen LogP contribution in [-0.4, -0.2) is 28.8 Å². The summed E-state index contributed by atoms with van der Waals surface area (Å²) < 4.78 is 0. The SMILES string of the molecule is CCC1NC(=O)C(C)N(C(C)c2ccccc2)C1=O. The number of carbonyl (C=O) groups excluding carboxylic acids is 2. The molecule has 1 fully saturated rings. The molecule has 0 aliphatic carbocycles. The van der Waals surface area contributed by atoms with Crippen LogP contribution in [0.3, 0.4) is 0 Å². The summed E-state index contributed by atoms with van der Waals surface area (Å²) >= 11 is 0. The molecule has 1 heterocycles. The smallest absolute Gasteiger partial charge is 0.246 e. The van der Waals surface area contributed by atoms with Crippen molar-refractivity contribution in [3.8, 4) is 0 Å². The van der Waals surface area contributed by atoms with Crippen LogP contribution >= 0.6 is 0 Å². The fourth-order valence-electron chi connectivity index (χ4n) is 2.55. The third-order valence-electron chi connectivity index (χ3n) is 3.77. The maximum atomic E-state index is 12.4. The van der Waals surface area contributed by atoms with Crippen LogP contribution in [0.15, 0.2) is 30.3 Å². The van der Waals surface area contributed by atoms with E-state index in [2.05, 4.69) is 5.32 Å². The number of benzene rings is 1. The van der Waals surface area contributed by atoms with Crippen LogP contribution in [0.4, 0.5) is 0 Å². The van der Waals surface area contributed by atoms with Crippen molar-refractivity contribution in [3.05, 3.63) is 35.9 Å². The summed E-state index contributed by atoms with van der Waals surface area (Å²) in [5, 5.41) is 2.77. The topological polar surface area (TPSA) is 49.4 Å². The molecule has 1 aliphatic rings. The molecule has 2 rings (SSSR count). The van der Waals surface area contributed by atoms with Gasteiger partial charge < -0.3 is 10.2 Å². The van der Waals surface area contributed by atoms with E-state index in [1.54, 1.807) is 11.8 Å². The average molecular weight is 260 g/mol. The van der Waals surface area contributed by atoms with Crippen LogP contribution < -0.4 is 5.32 Å². The first-order chi connectivity index (χ1) is 9.06. The number of amides is 2. The van der Waals surface area contributed by atoms with Crippen molar-refractivity contribution in [2.75, 3.05) is 0 Å². The number of hydrogen-bond donors (Lipinski definition) is 1. The summed E-state index contributed by atoms with van der Waals surface area (Å²) in [6.07, 6.45) is 0.620. The van der Waals surface area contributed by atoms with Crippen molar-refractivity contribution in [1.29, 1.82) is 0 Å². The molecule has 1 saturated heterocycles. The number of hydrogen-bond acceptors (Lipinski definition) is 2. The lowest BCUT2D eigenvalue weighted by Crippen LogP contribution is -2.62. The summed E-state index contributed by atoms with van der Waals surface area (Å²) in [4.78, 5) is 26.1. The van der Waals surface area contributed by atoms with Gasteiger partial charge in [0.25, 0.3) is 0 Å². The van der Waals surface area contributed by atoms with Crippen LogP contribution in [0.1, 0.15) is 38.8 Å². The van der Waals surface area contributed by atoms with Gasteiger partial charge in [-0.05, 0) is 25.8 Å². The Morgan fingerprint density at radius 2 is 1.89 bits per heavy atom. The van der Waals surface area contributed by atoms with Gasteiger partial charge in [-0.2, -0.15) is 0 Å². The zero-order chi connectivity index (χ0) is 14.0. The van der Waals surface area contributed by atoms with E-state index < -0.39 is 12.1 Å². The summed E-state index contributed by atoms with van der Waals surface area (Å²) in [5.41, 5.74) is 1.05. The lowest BCUT2D eigenvalue weighted by Gasteiger charge is -2.41. The van der Waals surface area contributed by atoms with E-state index in [0.29, 0.717) is 6.42 Å². The third kappa shape index (κ3) is 2.48. The Morgan fingerprint density at radius 1 is 1.26 bits per heavy atom. The van der Waals surface area contributed by atoms with Crippen molar-refractivity contribution in [3.63, 3.8) is 0 Å². The highest BCUT2D eigenvalue weighted by Crippen LogP contribution is 2.26. The van der Waals surface area contributed by atoms with Gasteiger partial charge in [0, 0.05) is 0 Å². The monoisotopic (exact) mass is 260 g/mol. The molecule has 1 aliphatic heterocycles. The Kier molecular flexibility index (Phi) is 3.88. The molecule has 0 bridgehead atoms. The molecule has 2 amide bonds. The van der Waals surface area contributed by atoms with Crippen molar-refractivity contribution in [1.82, 2.24) is 10.2 Å². The Hall–Kier alpha value is -1.84. The molecule has 1 N–H and O–H groups in total. The molecule has 19 heavy (non-hydrogen) atoms. The first-order valence-electron chi connectivity index (χ1n) is 6.73. The first-order valence-corrected chi connectivity index (χ1v) is 6.73. The maximum Gasteiger partial charge on any atom is 0.246 e. The fourth-order valence-corrected chi connectivity index (χ4v) is 2.55. The Bertz CT molecular complexity index is 472. The van der Waals surface area contributed by atoms with Gasteiger partial charge in [-0.3, -0.25) is 9.59 Å². The predicted molar refractivity (Wildman–Crippen MR) is 73.4 cm³/mol. The van der Waals surface area contributed by atoms with Gasteiger partial charge in [0.15, 0.2) is 0 Å². The second-order valence-electron chi connectivity index (χ2n) is 4.98. The minimum absolute atomic E-state index is 0.00551. The molecule has 3 atom stereocenters. The molecule has 0 saturated carbocycles. The summed E-state index contributed by atoms with van der Waals surface area (Å²) in [7, 11) is 0. The van der Waals surface area contributed by atoms with Crippen molar-refractivity contribution >= 4 is 11.8 Å². The number of carbonyl (C=O) groups is 2. The maximum absolute atomic E-state index is 12.4. The minimum Gasteiger partial charge on any atom is -0.343 e. The van der Waals surface area contributed by atoms with Gasteiger partial charge in [-0.15, -0.1) is 0 Å². The molecule has 3 unspecified atom stereocenters. The zero-order valence-corrected chi connectivity index (χ0v) is 11.6. The van der Waals surface area contributed by atoms with Gasteiger partial charge in [-0.1, -0.05) is 37.3 Å². The Morgan fingerprint density at radius 3 is 2.47 bits per heavy atom. The number of rotatable bonds is 3. The third-order valence-corrected chi connectivity index (χ3v) is 3.77. The molecule has 1 aromatic rings. The van der Waals surface area contributed by atoms with Gasteiger partial charge in [0.2, 0.25) is 11.8 Å². The van der Waals surface area contributed by atoms with Crippen LogP contribution in [0.5, 0.6) is 0 Å². The van der Waals surface area contributed by atoms with Gasteiger partial charge in [0.1, 0.15) is 12.1 Å². The lowest BCUT2D eigenvalue weighted by atomic mass is 10.00. The highest BCUT2D eigenvalue weighted by molar-refractivity contribution is 5.96. The highest BCUT2D eigenvalue weighted by atomic mass is 16.2. The van der Waals surface area contributed by atoms with E-state index in [4.69, 9.17) is 0 Å². The van der Waals surface area contributed by atoms with Crippen LogP contribution in [0.2, 0.25) is 0 Å². The minimum atomic E-state index is -0.425. The van der Waals surface area contributed by atoms with E-state index in [0.717, 1.165) is 5.56 Å². The van der Waals surface area contributed by atoms with Crippen molar-refractivity contribution < 1.29 is 9.59 Å². The van der Waals surface area contributed by atoms with E-state index in [9.17, 15) is 9.59 Å². The number of piperazine rings is 1. The van der Waals surface area contributed by atoms with E-state index in [1.807, 2.05) is 44.2 Å². The normalized spacial score (nSPS) is 25.1. The van der Waals surface area contributed by atoms with Gasteiger partial charge >= 0.3 is 0 Å². The van der Waals surface area contributed by atoms with Crippen LogP contribution in [0, 0.1) is 0 Å². The molecule has 1 aromatic carbocycles. The molecular formula is C15H20N2O2. The van der Waals surface area contributed by atoms with Crippen molar-refractivity contribution in [2.45, 2.75) is 45.3 Å². The average Bonchev–Trinajstić information content (AvgIpc) is 2.44. The Labute approximate surface area is 113 Å². The predicted octanol–water partition coefficient (Wildman–Crippen LogP) is 1.87. The highest BCUT2D eigenvalue weighted by Gasteiger charge is 2.39. The Balaban J connectivity index is 2.30. The quantitative estimate of drug-likeness (QED) is 0.902. The molecule has 0 radical (unpaired) electrons. The summed E-state index contributed by atoms with van der Waals surface area (Å²) in [5.74, 6) is -0.0693. The molecule has 4 heteroatoms. The van der Waals surface area contributed by atoms with Crippen LogP contribution in [-0.2, 0) is 9.59 Å². The second-order valence-corrected chi connectivity index (χ2v) is 4.98. The summed E-state index contributed by atoms with van der Waals surface area (Å²) in [6, 6.07) is 8.89. The first kappa shape index (κ1) is 13.6.